The molecule has 0 saturated heterocycles. The van der Waals surface area contributed by atoms with Crippen molar-refractivity contribution in [1.82, 2.24) is 4.90 Å². The van der Waals surface area contributed by atoms with Crippen molar-refractivity contribution in [3.63, 3.8) is 0 Å². The van der Waals surface area contributed by atoms with Gasteiger partial charge in [-0.3, -0.25) is 4.79 Å². The van der Waals surface area contributed by atoms with Crippen LogP contribution in [-0.2, 0) is 6.42 Å². The lowest BCUT2D eigenvalue weighted by atomic mass is 9.96. The van der Waals surface area contributed by atoms with Gasteiger partial charge in [-0.2, -0.15) is 0 Å². The first-order valence-corrected chi connectivity index (χ1v) is 12.1. The predicted molar refractivity (Wildman–Crippen MR) is 138 cm³/mol. The number of ether oxygens (including phenoxy) is 2. The van der Waals surface area contributed by atoms with Gasteiger partial charge in [-0.1, -0.05) is 56.3 Å². The Morgan fingerprint density at radius 2 is 1.77 bits per heavy atom. The quantitative estimate of drug-likeness (QED) is 0.263. The van der Waals surface area contributed by atoms with Crippen molar-refractivity contribution < 1.29 is 18.7 Å². The summed E-state index contributed by atoms with van der Waals surface area (Å²) < 4.78 is 17.8. The Bertz CT molecular complexity index is 1350. The van der Waals surface area contributed by atoms with Crippen LogP contribution in [0.2, 0.25) is 0 Å². The maximum absolute atomic E-state index is 13.5. The van der Waals surface area contributed by atoms with Gasteiger partial charge in [0, 0.05) is 29.1 Å². The van der Waals surface area contributed by atoms with Crippen LogP contribution in [0.4, 0.5) is 0 Å². The first kappa shape index (κ1) is 22.9. The minimum absolute atomic E-state index is 0.145. The van der Waals surface area contributed by atoms with Crippen molar-refractivity contribution >= 4 is 16.8 Å². The van der Waals surface area contributed by atoms with Crippen LogP contribution in [-0.4, -0.2) is 36.9 Å². The van der Waals surface area contributed by atoms with Gasteiger partial charge >= 0.3 is 0 Å². The molecular formula is C30H29NO4. The second kappa shape index (κ2) is 10.2. The van der Waals surface area contributed by atoms with Gasteiger partial charge in [-0.05, 0) is 54.9 Å². The molecule has 0 spiro atoms. The van der Waals surface area contributed by atoms with E-state index in [4.69, 9.17) is 13.9 Å². The van der Waals surface area contributed by atoms with Gasteiger partial charge < -0.3 is 18.8 Å². The first-order chi connectivity index (χ1) is 17.2. The standard InChI is InChI=1S/C30H29NO4/c1-3-31(4-2)16-18-33-24-14-12-21(13-15-24)28-25-19-23-11-8-17-34-26(23)20-27(25)35-30(28)29(32)22-9-6-5-7-10-22/h5-10,12-15,17,19-20H,3-4,11,16,18H2,1-2H3. The van der Waals surface area contributed by atoms with E-state index in [1.165, 1.54) is 0 Å². The summed E-state index contributed by atoms with van der Waals surface area (Å²) in [5.74, 6) is 1.75. The molecule has 0 amide bonds. The molecule has 0 radical (unpaired) electrons. The molecule has 2 heterocycles. The molecule has 0 fully saturated rings. The third-order valence-corrected chi connectivity index (χ3v) is 6.46. The molecule has 5 nitrogen and oxygen atoms in total. The summed E-state index contributed by atoms with van der Waals surface area (Å²) in [5, 5.41) is 0.900. The summed E-state index contributed by atoms with van der Waals surface area (Å²) in [6.45, 7) is 7.85. The van der Waals surface area contributed by atoms with E-state index in [-0.39, 0.29) is 5.78 Å². The topological polar surface area (TPSA) is 51.9 Å². The van der Waals surface area contributed by atoms with Gasteiger partial charge in [0.1, 0.15) is 23.7 Å². The fraction of sp³-hybridized carbons (Fsp3) is 0.233. The summed E-state index contributed by atoms with van der Waals surface area (Å²) >= 11 is 0. The van der Waals surface area contributed by atoms with Crippen LogP contribution in [0.3, 0.4) is 0 Å². The number of fused-ring (bicyclic) bond motifs is 2. The number of hydrogen-bond donors (Lipinski definition) is 0. The Hall–Kier alpha value is -3.83. The number of likely N-dealkylation sites (N-methyl/N-ethyl adjacent to an activating group) is 1. The number of ketones is 1. The monoisotopic (exact) mass is 467 g/mol. The summed E-state index contributed by atoms with van der Waals surface area (Å²) in [6, 6.07) is 21.1. The minimum Gasteiger partial charge on any atom is -0.492 e. The highest BCUT2D eigenvalue weighted by Gasteiger charge is 2.25. The number of furan rings is 1. The van der Waals surface area contributed by atoms with E-state index in [0.717, 1.165) is 59.6 Å². The number of rotatable bonds is 9. The van der Waals surface area contributed by atoms with Gasteiger partial charge in [-0.15, -0.1) is 0 Å². The van der Waals surface area contributed by atoms with E-state index in [0.29, 0.717) is 23.5 Å². The van der Waals surface area contributed by atoms with E-state index in [1.54, 1.807) is 6.26 Å². The largest absolute Gasteiger partial charge is 0.492 e. The number of benzene rings is 3. The average Bonchev–Trinajstić information content (AvgIpc) is 3.28. The number of hydrogen-bond acceptors (Lipinski definition) is 5. The fourth-order valence-corrected chi connectivity index (χ4v) is 4.45. The van der Waals surface area contributed by atoms with Crippen molar-refractivity contribution in [3.05, 3.63) is 96.0 Å². The van der Waals surface area contributed by atoms with Crippen LogP contribution >= 0.6 is 0 Å². The van der Waals surface area contributed by atoms with Crippen molar-refractivity contribution in [2.75, 3.05) is 26.2 Å². The van der Waals surface area contributed by atoms with Gasteiger partial charge in [0.2, 0.25) is 5.78 Å². The number of nitrogens with zero attached hydrogens (tertiary/aromatic N) is 1. The lowest BCUT2D eigenvalue weighted by Gasteiger charge is -2.18. The van der Waals surface area contributed by atoms with Gasteiger partial charge in [0.15, 0.2) is 5.76 Å². The van der Waals surface area contributed by atoms with Crippen LogP contribution in [0.15, 0.2) is 83.5 Å². The summed E-state index contributed by atoms with van der Waals surface area (Å²) in [6.07, 6.45) is 4.44. The predicted octanol–water partition coefficient (Wildman–Crippen LogP) is 6.50. The van der Waals surface area contributed by atoms with Crippen molar-refractivity contribution in [3.8, 4) is 22.6 Å². The highest BCUT2D eigenvalue weighted by molar-refractivity contribution is 6.15. The Labute approximate surface area is 205 Å². The second-order valence-corrected chi connectivity index (χ2v) is 8.55. The maximum Gasteiger partial charge on any atom is 0.228 e. The van der Waals surface area contributed by atoms with Gasteiger partial charge in [0.25, 0.3) is 0 Å². The molecule has 0 saturated carbocycles. The van der Waals surface area contributed by atoms with E-state index in [2.05, 4.69) is 24.8 Å². The normalized spacial score (nSPS) is 12.5. The molecule has 0 bridgehead atoms. The SMILES string of the molecule is CCN(CC)CCOc1ccc(-c2c(C(=O)c3ccccc3)oc3cc4c(cc23)CC=CO4)cc1. The molecule has 3 aromatic carbocycles. The third kappa shape index (κ3) is 4.73. The number of allylic oxidation sites excluding steroid dienone is 1. The molecule has 5 rings (SSSR count). The van der Waals surface area contributed by atoms with Crippen molar-refractivity contribution in [2.45, 2.75) is 20.3 Å². The molecule has 178 valence electrons. The number of carbonyl (C=O) groups excluding carboxylic acids is 1. The highest BCUT2D eigenvalue weighted by Crippen LogP contribution is 2.40. The fourth-order valence-electron chi connectivity index (χ4n) is 4.45. The zero-order valence-electron chi connectivity index (χ0n) is 20.1. The molecule has 0 aliphatic carbocycles. The Morgan fingerprint density at radius 3 is 2.51 bits per heavy atom. The third-order valence-electron chi connectivity index (χ3n) is 6.46. The number of carbonyl (C=O) groups is 1. The molecule has 1 aliphatic heterocycles. The zero-order valence-corrected chi connectivity index (χ0v) is 20.1. The van der Waals surface area contributed by atoms with Crippen LogP contribution in [0.1, 0.15) is 35.5 Å². The maximum atomic E-state index is 13.5. The molecule has 0 unspecified atom stereocenters. The summed E-state index contributed by atoms with van der Waals surface area (Å²) in [4.78, 5) is 15.8. The van der Waals surface area contributed by atoms with E-state index in [9.17, 15) is 4.79 Å². The van der Waals surface area contributed by atoms with E-state index in [1.807, 2.05) is 66.7 Å². The van der Waals surface area contributed by atoms with Crippen LogP contribution in [0, 0.1) is 0 Å². The van der Waals surface area contributed by atoms with Crippen molar-refractivity contribution in [1.29, 1.82) is 0 Å². The Morgan fingerprint density at radius 1 is 1.00 bits per heavy atom. The molecule has 4 aromatic rings. The summed E-state index contributed by atoms with van der Waals surface area (Å²) in [5.41, 5.74) is 3.99. The molecule has 1 aliphatic rings. The van der Waals surface area contributed by atoms with Crippen LogP contribution in [0.5, 0.6) is 11.5 Å². The molecular weight excluding hydrogens is 438 g/mol. The Balaban J connectivity index is 1.52. The lowest BCUT2D eigenvalue weighted by molar-refractivity contribution is 0.101. The lowest BCUT2D eigenvalue weighted by Crippen LogP contribution is -2.27. The smallest absolute Gasteiger partial charge is 0.228 e. The van der Waals surface area contributed by atoms with Crippen molar-refractivity contribution in [2.24, 2.45) is 0 Å². The van der Waals surface area contributed by atoms with Gasteiger partial charge in [0.05, 0.1) is 6.26 Å². The molecule has 0 N–H and O–H groups in total. The molecule has 5 heteroatoms. The van der Waals surface area contributed by atoms with E-state index < -0.39 is 0 Å². The second-order valence-electron chi connectivity index (χ2n) is 8.55. The van der Waals surface area contributed by atoms with Crippen LogP contribution in [0.25, 0.3) is 22.1 Å². The molecule has 35 heavy (non-hydrogen) atoms. The minimum atomic E-state index is -0.145. The highest BCUT2D eigenvalue weighted by atomic mass is 16.5. The summed E-state index contributed by atoms with van der Waals surface area (Å²) in [7, 11) is 0. The van der Waals surface area contributed by atoms with Gasteiger partial charge in [-0.25, -0.2) is 0 Å². The molecule has 1 aromatic heterocycles. The zero-order chi connectivity index (χ0) is 24.2. The van der Waals surface area contributed by atoms with Crippen LogP contribution < -0.4 is 9.47 Å². The average molecular weight is 468 g/mol. The first-order valence-electron chi connectivity index (χ1n) is 12.1. The van der Waals surface area contributed by atoms with E-state index >= 15 is 0 Å². The molecule has 0 atom stereocenters. The Kier molecular flexibility index (Phi) is 6.68.